The second kappa shape index (κ2) is 6.14. The molecule has 0 aliphatic heterocycles. The molecule has 0 spiro atoms. The van der Waals surface area contributed by atoms with Crippen LogP contribution in [0.25, 0.3) is 10.4 Å². The van der Waals surface area contributed by atoms with Gasteiger partial charge in [0.25, 0.3) is 0 Å². The van der Waals surface area contributed by atoms with Crippen LogP contribution in [0, 0.1) is 0 Å². The highest BCUT2D eigenvalue weighted by molar-refractivity contribution is 5.97. The predicted molar refractivity (Wildman–Crippen MR) is 59.7 cm³/mol. The average Bonchev–Trinajstić information content (AvgIpc) is 2.34. The van der Waals surface area contributed by atoms with Crippen LogP contribution in [0.2, 0.25) is 0 Å². The van der Waals surface area contributed by atoms with Gasteiger partial charge >= 0.3 is 6.09 Å². The lowest BCUT2D eigenvalue weighted by Gasteiger charge is -2.02. The van der Waals surface area contributed by atoms with Gasteiger partial charge in [-0.1, -0.05) is 29.4 Å². The first-order chi connectivity index (χ1) is 8.13. The molecular weight excluding hydrogens is 224 g/mol. The van der Waals surface area contributed by atoms with E-state index in [2.05, 4.69) is 15.3 Å². The Morgan fingerprint density at radius 1 is 1.35 bits per heavy atom. The van der Waals surface area contributed by atoms with Crippen molar-refractivity contribution in [1.82, 2.24) is 5.32 Å². The summed E-state index contributed by atoms with van der Waals surface area (Å²) in [6, 6.07) is 6.40. The van der Waals surface area contributed by atoms with Crippen molar-refractivity contribution in [2.75, 3.05) is 6.54 Å². The van der Waals surface area contributed by atoms with Crippen LogP contribution in [0.15, 0.2) is 29.4 Å². The monoisotopic (exact) mass is 234 g/mol. The first-order valence-electron chi connectivity index (χ1n) is 4.73. The molecule has 0 atom stereocenters. The molecule has 0 unspecified atom stereocenters. The number of carbonyl (C=O) groups is 2. The van der Waals surface area contributed by atoms with E-state index in [0.717, 1.165) is 5.56 Å². The van der Waals surface area contributed by atoms with Crippen molar-refractivity contribution in [2.24, 2.45) is 5.11 Å². The first-order valence-corrected chi connectivity index (χ1v) is 4.73. The summed E-state index contributed by atoms with van der Waals surface area (Å²) in [5.41, 5.74) is 9.24. The van der Waals surface area contributed by atoms with Crippen LogP contribution in [-0.2, 0) is 6.54 Å². The maximum Gasteiger partial charge on any atom is 0.404 e. The summed E-state index contributed by atoms with van der Waals surface area (Å²) in [5.74, 6) is -0.277. The van der Waals surface area contributed by atoms with Crippen molar-refractivity contribution in [3.63, 3.8) is 0 Å². The van der Waals surface area contributed by atoms with Gasteiger partial charge in [-0.25, -0.2) is 4.79 Å². The minimum absolute atomic E-state index is 0.181. The van der Waals surface area contributed by atoms with E-state index in [0.29, 0.717) is 5.56 Å². The van der Waals surface area contributed by atoms with Crippen molar-refractivity contribution in [3.05, 3.63) is 45.8 Å². The smallest absolute Gasteiger partial charge is 0.404 e. The van der Waals surface area contributed by atoms with Crippen molar-refractivity contribution in [3.8, 4) is 0 Å². The Kier molecular flexibility index (Phi) is 4.53. The van der Waals surface area contributed by atoms with E-state index < -0.39 is 6.09 Å². The molecule has 0 bridgehead atoms. The van der Waals surface area contributed by atoms with Crippen LogP contribution in [0.5, 0.6) is 0 Å². The van der Waals surface area contributed by atoms with Gasteiger partial charge in [-0.2, -0.15) is 0 Å². The van der Waals surface area contributed by atoms with Gasteiger partial charge in [-0.3, -0.25) is 4.79 Å². The van der Waals surface area contributed by atoms with E-state index in [1.807, 2.05) is 0 Å². The summed E-state index contributed by atoms with van der Waals surface area (Å²) in [6.45, 7) is -0.0383. The van der Waals surface area contributed by atoms with Gasteiger partial charge in [-0.15, -0.1) is 0 Å². The van der Waals surface area contributed by atoms with Crippen molar-refractivity contribution < 1.29 is 14.7 Å². The lowest BCUT2D eigenvalue weighted by atomic mass is 10.1. The molecule has 1 amide bonds. The Morgan fingerprint density at radius 3 is 2.53 bits per heavy atom. The van der Waals surface area contributed by atoms with Gasteiger partial charge in [0.05, 0.1) is 6.54 Å². The standard InChI is InChI=1S/C10H10N4O3/c11-14-13-6-9(15)8-3-1-7(2-4-8)5-12-10(16)17/h1-4,12H,5-6H2,(H,16,17). The minimum atomic E-state index is -1.10. The van der Waals surface area contributed by atoms with Gasteiger partial charge in [0.2, 0.25) is 0 Å². The van der Waals surface area contributed by atoms with Gasteiger partial charge in [0.15, 0.2) is 5.78 Å². The molecule has 0 aliphatic rings. The third kappa shape index (κ3) is 4.23. The zero-order valence-electron chi connectivity index (χ0n) is 8.83. The Balaban J connectivity index is 2.64. The Labute approximate surface area is 96.7 Å². The molecule has 0 fully saturated rings. The number of carboxylic acid groups (broad SMARTS) is 1. The molecule has 0 radical (unpaired) electrons. The molecule has 88 valence electrons. The van der Waals surface area contributed by atoms with E-state index in [1.54, 1.807) is 24.3 Å². The molecule has 0 saturated carbocycles. The number of amides is 1. The van der Waals surface area contributed by atoms with E-state index >= 15 is 0 Å². The van der Waals surface area contributed by atoms with E-state index in [-0.39, 0.29) is 18.9 Å². The lowest BCUT2D eigenvalue weighted by Crippen LogP contribution is -2.19. The van der Waals surface area contributed by atoms with Gasteiger partial charge in [0, 0.05) is 17.0 Å². The van der Waals surface area contributed by atoms with Crippen molar-refractivity contribution >= 4 is 11.9 Å². The molecule has 7 heteroatoms. The highest BCUT2D eigenvalue weighted by Crippen LogP contribution is 2.05. The molecule has 2 N–H and O–H groups in total. The zero-order valence-corrected chi connectivity index (χ0v) is 8.83. The fourth-order valence-corrected chi connectivity index (χ4v) is 1.17. The number of Topliss-reactive ketones (excluding diaryl/α,β-unsaturated/α-hetero) is 1. The van der Waals surface area contributed by atoms with Crippen LogP contribution in [0.1, 0.15) is 15.9 Å². The number of nitrogens with zero attached hydrogens (tertiary/aromatic N) is 3. The Hall–Kier alpha value is -2.53. The third-order valence-electron chi connectivity index (χ3n) is 2.00. The molecule has 1 aromatic rings. The second-order valence-corrected chi connectivity index (χ2v) is 3.17. The van der Waals surface area contributed by atoms with Crippen LogP contribution < -0.4 is 5.32 Å². The molecule has 7 nitrogen and oxygen atoms in total. The summed E-state index contributed by atoms with van der Waals surface area (Å²) in [5, 5.41) is 13.8. The summed E-state index contributed by atoms with van der Waals surface area (Å²) < 4.78 is 0. The van der Waals surface area contributed by atoms with Gasteiger partial charge in [-0.05, 0) is 11.1 Å². The zero-order chi connectivity index (χ0) is 12.7. The number of ketones is 1. The maximum atomic E-state index is 11.4. The summed E-state index contributed by atoms with van der Waals surface area (Å²) in [6.07, 6.45) is -1.10. The fourth-order valence-electron chi connectivity index (χ4n) is 1.17. The van der Waals surface area contributed by atoms with Crippen molar-refractivity contribution in [1.29, 1.82) is 0 Å². The van der Waals surface area contributed by atoms with Crippen LogP contribution in [0.4, 0.5) is 4.79 Å². The van der Waals surface area contributed by atoms with Gasteiger partial charge in [0.1, 0.15) is 0 Å². The molecule has 17 heavy (non-hydrogen) atoms. The van der Waals surface area contributed by atoms with Gasteiger partial charge < -0.3 is 10.4 Å². The van der Waals surface area contributed by atoms with Crippen molar-refractivity contribution in [2.45, 2.75) is 6.54 Å². The summed E-state index contributed by atoms with van der Waals surface area (Å²) in [7, 11) is 0. The molecule has 1 aromatic carbocycles. The largest absolute Gasteiger partial charge is 0.465 e. The maximum absolute atomic E-state index is 11.4. The van der Waals surface area contributed by atoms with Crippen LogP contribution >= 0.6 is 0 Å². The quantitative estimate of drug-likeness (QED) is 0.351. The number of carbonyl (C=O) groups excluding carboxylic acids is 1. The molecular formula is C10H10N4O3. The Bertz CT molecular complexity index is 463. The summed E-state index contributed by atoms with van der Waals surface area (Å²) >= 11 is 0. The molecule has 0 aromatic heterocycles. The molecule has 0 heterocycles. The molecule has 0 saturated heterocycles. The number of azide groups is 1. The number of hydrogen-bond donors (Lipinski definition) is 2. The van der Waals surface area contributed by atoms with Crippen LogP contribution in [-0.4, -0.2) is 23.5 Å². The van der Waals surface area contributed by atoms with E-state index in [4.69, 9.17) is 10.6 Å². The topological polar surface area (TPSA) is 115 Å². The third-order valence-corrected chi connectivity index (χ3v) is 2.00. The van der Waals surface area contributed by atoms with Crippen LogP contribution in [0.3, 0.4) is 0 Å². The minimum Gasteiger partial charge on any atom is -0.465 e. The fraction of sp³-hybridized carbons (Fsp3) is 0.200. The number of benzene rings is 1. The number of nitrogens with one attached hydrogen (secondary N) is 1. The highest BCUT2D eigenvalue weighted by atomic mass is 16.4. The van der Waals surface area contributed by atoms with E-state index in [1.165, 1.54) is 0 Å². The average molecular weight is 234 g/mol. The molecule has 1 rings (SSSR count). The normalized spacial score (nSPS) is 9.18. The number of rotatable bonds is 5. The SMILES string of the molecule is [N-]=[N+]=NCC(=O)c1ccc(CNC(=O)O)cc1. The predicted octanol–water partition coefficient (Wildman–Crippen LogP) is 1.95. The Morgan fingerprint density at radius 2 is 2.00 bits per heavy atom. The highest BCUT2D eigenvalue weighted by Gasteiger charge is 2.04. The number of hydrogen-bond acceptors (Lipinski definition) is 3. The first kappa shape index (κ1) is 12.5. The summed E-state index contributed by atoms with van der Waals surface area (Å²) in [4.78, 5) is 24.2. The van der Waals surface area contributed by atoms with E-state index in [9.17, 15) is 9.59 Å². The lowest BCUT2D eigenvalue weighted by molar-refractivity contribution is 0.100. The molecule has 0 aliphatic carbocycles. The second-order valence-electron chi connectivity index (χ2n) is 3.17.